The minimum atomic E-state index is -3.92. The highest BCUT2D eigenvalue weighted by Crippen LogP contribution is 2.37. The highest BCUT2D eigenvalue weighted by molar-refractivity contribution is 7.89. The molecule has 1 saturated heterocycles. The third-order valence-corrected chi connectivity index (χ3v) is 7.47. The molecule has 1 fully saturated rings. The van der Waals surface area contributed by atoms with Gasteiger partial charge < -0.3 is 24.7 Å². The average molecular weight is 469 g/mol. The lowest BCUT2D eigenvalue weighted by Crippen LogP contribution is -2.53. The van der Waals surface area contributed by atoms with Crippen molar-refractivity contribution in [3.05, 3.63) is 41.3 Å². The van der Waals surface area contributed by atoms with Crippen molar-refractivity contribution in [2.24, 2.45) is 0 Å². The van der Waals surface area contributed by atoms with Gasteiger partial charge >= 0.3 is 6.03 Å². The highest BCUT2D eigenvalue weighted by Gasteiger charge is 2.34. The summed E-state index contributed by atoms with van der Waals surface area (Å²) in [7, 11) is -3.92. The number of sulfonamides is 1. The van der Waals surface area contributed by atoms with Crippen molar-refractivity contribution in [3.8, 4) is 5.75 Å². The van der Waals surface area contributed by atoms with Gasteiger partial charge in [-0.25, -0.2) is 13.2 Å². The minimum absolute atomic E-state index is 0.0178. The second-order valence-corrected chi connectivity index (χ2v) is 9.47. The highest BCUT2D eigenvalue weighted by atomic mass is 35.5. The molecule has 1 aromatic carbocycles. The van der Waals surface area contributed by atoms with Gasteiger partial charge in [0.2, 0.25) is 10.0 Å². The normalized spacial score (nSPS) is 19.4. The predicted molar refractivity (Wildman–Crippen MR) is 111 cm³/mol. The molecule has 1 aromatic heterocycles. The molecule has 31 heavy (non-hydrogen) atoms. The lowest BCUT2D eigenvalue weighted by Gasteiger charge is -2.34. The molecule has 2 aliphatic heterocycles. The monoisotopic (exact) mass is 468 g/mol. The molecule has 2 N–H and O–H groups in total. The summed E-state index contributed by atoms with van der Waals surface area (Å²) >= 11 is 6.22. The van der Waals surface area contributed by atoms with Gasteiger partial charge in [0.25, 0.3) is 5.91 Å². The fourth-order valence-electron chi connectivity index (χ4n) is 3.36. The van der Waals surface area contributed by atoms with Gasteiger partial charge in [0.1, 0.15) is 16.4 Å². The maximum Gasteiger partial charge on any atom is 0.317 e. The van der Waals surface area contributed by atoms with Gasteiger partial charge in [0.05, 0.1) is 23.5 Å². The molecule has 2 aromatic rings. The first-order valence-corrected chi connectivity index (χ1v) is 11.4. The number of hydrogen-bond donors (Lipinski definition) is 2. The number of carbonyl (C=O) groups excluding carboxylic acids is 2. The smallest absolute Gasteiger partial charge is 0.317 e. The second-order valence-electron chi connectivity index (χ2n) is 7.16. The number of halogens is 1. The van der Waals surface area contributed by atoms with Crippen LogP contribution in [0.1, 0.15) is 12.7 Å². The molecule has 12 heteroatoms. The molecule has 2 aliphatic rings. The number of anilines is 1. The zero-order valence-corrected chi connectivity index (χ0v) is 18.2. The number of rotatable bonds is 4. The van der Waals surface area contributed by atoms with Crippen LogP contribution in [-0.4, -0.2) is 61.8 Å². The third kappa shape index (κ3) is 4.34. The van der Waals surface area contributed by atoms with Crippen LogP contribution in [0.3, 0.4) is 0 Å². The number of hydrogen-bond acceptors (Lipinski definition) is 6. The summed E-state index contributed by atoms with van der Waals surface area (Å²) in [5.74, 6) is 0.538. The van der Waals surface area contributed by atoms with Crippen LogP contribution in [0.25, 0.3) is 0 Å². The Balaban J connectivity index is 1.43. The van der Waals surface area contributed by atoms with E-state index in [4.69, 9.17) is 20.8 Å². The number of amides is 3. The first-order valence-electron chi connectivity index (χ1n) is 9.62. The number of carbonyl (C=O) groups is 2. The van der Waals surface area contributed by atoms with E-state index < -0.39 is 16.1 Å². The molecule has 1 atom stereocenters. The van der Waals surface area contributed by atoms with E-state index in [1.165, 1.54) is 22.7 Å². The number of furan rings is 1. The average Bonchev–Trinajstić information content (AvgIpc) is 3.26. The van der Waals surface area contributed by atoms with E-state index >= 15 is 0 Å². The molecule has 166 valence electrons. The molecule has 0 unspecified atom stereocenters. The molecule has 0 radical (unpaired) electrons. The zero-order valence-electron chi connectivity index (χ0n) is 16.6. The van der Waals surface area contributed by atoms with E-state index in [1.807, 2.05) is 0 Å². The van der Waals surface area contributed by atoms with Crippen molar-refractivity contribution in [1.82, 2.24) is 14.5 Å². The van der Waals surface area contributed by atoms with Crippen LogP contribution < -0.4 is 15.4 Å². The summed E-state index contributed by atoms with van der Waals surface area (Å²) in [5.41, 5.74) is 0.324. The molecule has 10 nitrogen and oxygen atoms in total. The SMILES string of the molecule is C[C@H]1Oc2cc(S(=O)(=O)N3CCN(C(=O)NCc4ccco4)CC3)c(Cl)cc2NC1=O. The Hall–Kier alpha value is -2.76. The molecule has 0 aliphatic carbocycles. The van der Waals surface area contributed by atoms with Gasteiger partial charge in [-0.3, -0.25) is 4.79 Å². The van der Waals surface area contributed by atoms with E-state index in [9.17, 15) is 18.0 Å². The van der Waals surface area contributed by atoms with E-state index in [-0.39, 0.29) is 60.3 Å². The van der Waals surface area contributed by atoms with E-state index in [1.54, 1.807) is 24.0 Å². The minimum Gasteiger partial charge on any atom is -0.479 e. The number of benzene rings is 1. The van der Waals surface area contributed by atoms with Crippen molar-refractivity contribution >= 4 is 39.2 Å². The number of ether oxygens (including phenoxy) is 1. The molecule has 3 heterocycles. The first kappa shape index (κ1) is 21.5. The Labute approximate surface area is 184 Å². The summed E-state index contributed by atoms with van der Waals surface area (Å²) in [6.07, 6.45) is 0.781. The van der Waals surface area contributed by atoms with E-state index in [0.29, 0.717) is 11.4 Å². The number of piperazine rings is 1. The predicted octanol–water partition coefficient (Wildman–Crippen LogP) is 1.87. The lowest BCUT2D eigenvalue weighted by molar-refractivity contribution is -0.122. The van der Waals surface area contributed by atoms with Gasteiger partial charge in [0, 0.05) is 32.2 Å². The van der Waals surface area contributed by atoms with Crippen LogP contribution in [0.15, 0.2) is 39.8 Å². The van der Waals surface area contributed by atoms with Crippen LogP contribution in [0.5, 0.6) is 5.75 Å². The van der Waals surface area contributed by atoms with Crippen LogP contribution in [0, 0.1) is 0 Å². The Morgan fingerprint density at radius 3 is 2.71 bits per heavy atom. The fraction of sp³-hybridized carbons (Fsp3) is 0.368. The summed E-state index contributed by atoms with van der Waals surface area (Å²) in [6.45, 7) is 2.53. The molecule has 3 amide bonds. The lowest BCUT2D eigenvalue weighted by atomic mass is 10.2. The van der Waals surface area contributed by atoms with Gasteiger partial charge in [-0.2, -0.15) is 4.31 Å². The fourth-order valence-corrected chi connectivity index (χ4v) is 5.30. The molecule has 0 bridgehead atoms. The Morgan fingerprint density at radius 1 is 1.29 bits per heavy atom. The van der Waals surface area contributed by atoms with E-state index in [2.05, 4.69) is 10.6 Å². The summed E-state index contributed by atoms with van der Waals surface area (Å²) < 4.78 is 38.3. The number of nitrogens with zero attached hydrogens (tertiary/aromatic N) is 2. The van der Waals surface area contributed by atoms with Gasteiger partial charge in [-0.1, -0.05) is 11.6 Å². The zero-order chi connectivity index (χ0) is 22.2. The number of urea groups is 1. The summed E-state index contributed by atoms with van der Waals surface area (Å²) in [5, 5.41) is 5.36. The van der Waals surface area contributed by atoms with E-state index in [0.717, 1.165) is 0 Å². The molecule has 0 saturated carbocycles. The Bertz CT molecular complexity index is 1100. The number of fused-ring (bicyclic) bond motifs is 1. The Morgan fingerprint density at radius 2 is 2.03 bits per heavy atom. The molecular formula is C19H21ClN4O6S. The van der Waals surface area contributed by atoms with Gasteiger partial charge in [0.15, 0.2) is 6.10 Å². The topological polar surface area (TPSA) is 121 Å². The summed E-state index contributed by atoms with van der Waals surface area (Å²) in [4.78, 5) is 25.5. The first-order chi connectivity index (χ1) is 14.8. The van der Waals surface area contributed by atoms with Crippen molar-refractivity contribution in [2.75, 3.05) is 31.5 Å². The molecular weight excluding hydrogens is 448 g/mol. The molecule has 0 spiro atoms. The van der Waals surface area contributed by atoms with Crippen molar-refractivity contribution in [2.45, 2.75) is 24.5 Å². The third-order valence-electron chi connectivity index (χ3n) is 5.10. The maximum atomic E-state index is 13.2. The maximum absolute atomic E-state index is 13.2. The second kappa shape index (κ2) is 8.40. The summed E-state index contributed by atoms with van der Waals surface area (Å²) in [6, 6.07) is 5.88. The molecule has 4 rings (SSSR count). The van der Waals surface area contributed by atoms with Crippen LogP contribution in [-0.2, 0) is 21.4 Å². The standard InChI is InChI=1S/C19H21ClN4O6S/c1-12-18(25)22-15-9-14(20)17(10-16(15)30-12)31(27,28)24-6-4-23(5-7-24)19(26)21-11-13-3-2-8-29-13/h2-3,8-10,12H,4-7,11H2,1H3,(H,21,26)(H,22,25)/t12-/m1/s1. The van der Waals surface area contributed by atoms with Crippen LogP contribution in [0.4, 0.5) is 10.5 Å². The van der Waals surface area contributed by atoms with Crippen LogP contribution >= 0.6 is 11.6 Å². The van der Waals surface area contributed by atoms with Crippen molar-refractivity contribution in [3.63, 3.8) is 0 Å². The number of nitrogens with one attached hydrogen (secondary N) is 2. The van der Waals surface area contributed by atoms with Crippen LogP contribution in [0.2, 0.25) is 5.02 Å². The quantitative estimate of drug-likeness (QED) is 0.706. The van der Waals surface area contributed by atoms with Gasteiger partial charge in [-0.05, 0) is 25.1 Å². The van der Waals surface area contributed by atoms with Crippen molar-refractivity contribution in [1.29, 1.82) is 0 Å². The van der Waals surface area contributed by atoms with Crippen molar-refractivity contribution < 1.29 is 27.2 Å². The Kier molecular flexibility index (Phi) is 5.82. The largest absolute Gasteiger partial charge is 0.479 e. The van der Waals surface area contributed by atoms with Gasteiger partial charge in [-0.15, -0.1) is 0 Å².